The summed E-state index contributed by atoms with van der Waals surface area (Å²) in [4.78, 5) is 23.1. The Morgan fingerprint density at radius 3 is 2.56 bits per heavy atom. The summed E-state index contributed by atoms with van der Waals surface area (Å²) in [5.41, 5.74) is 8.51. The van der Waals surface area contributed by atoms with Crippen LogP contribution in [0.4, 0.5) is 0 Å². The average molecular weight is 328 g/mol. The van der Waals surface area contributed by atoms with Gasteiger partial charge in [0.25, 0.3) is 5.91 Å². The SMILES string of the molecule is NC(=O)c1cc2ccc(C=O)cc2n1Cc1cccc2ccccc12. The van der Waals surface area contributed by atoms with Crippen molar-refractivity contribution in [1.29, 1.82) is 0 Å². The molecule has 0 saturated carbocycles. The second kappa shape index (κ2) is 5.91. The van der Waals surface area contributed by atoms with E-state index in [9.17, 15) is 9.59 Å². The Morgan fingerprint density at radius 2 is 1.76 bits per heavy atom. The molecule has 0 atom stereocenters. The highest BCUT2D eigenvalue weighted by Crippen LogP contribution is 2.25. The molecule has 1 heterocycles. The van der Waals surface area contributed by atoms with Crippen LogP contribution < -0.4 is 5.73 Å². The van der Waals surface area contributed by atoms with E-state index in [1.165, 1.54) is 0 Å². The molecule has 0 bridgehead atoms. The van der Waals surface area contributed by atoms with E-state index in [1.807, 2.05) is 34.9 Å². The fourth-order valence-corrected chi connectivity index (χ4v) is 3.32. The Bertz CT molecular complexity index is 1120. The minimum absolute atomic E-state index is 0.436. The molecule has 4 rings (SSSR count). The number of carbonyl (C=O) groups is 2. The highest BCUT2D eigenvalue weighted by atomic mass is 16.1. The van der Waals surface area contributed by atoms with Crippen molar-refractivity contribution >= 4 is 33.9 Å². The lowest BCUT2D eigenvalue weighted by Gasteiger charge is -2.12. The van der Waals surface area contributed by atoms with Gasteiger partial charge in [-0.15, -0.1) is 0 Å². The zero-order valence-corrected chi connectivity index (χ0v) is 13.5. The van der Waals surface area contributed by atoms with Gasteiger partial charge in [0, 0.05) is 23.0 Å². The van der Waals surface area contributed by atoms with Crippen LogP contribution >= 0.6 is 0 Å². The lowest BCUT2D eigenvalue weighted by Crippen LogP contribution is -2.17. The molecule has 0 unspecified atom stereocenters. The van der Waals surface area contributed by atoms with Crippen LogP contribution in [0.5, 0.6) is 0 Å². The number of rotatable bonds is 4. The van der Waals surface area contributed by atoms with Gasteiger partial charge >= 0.3 is 0 Å². The molecule has 1 aromatic heterocycles. The summed E-state index contributed by atoms with van der Waals surface area (Å²) in [6.07, 6.45) is 0.804. The molecular weight excluding hydrogens is 312 g/mol. The summed E-state index contributed by atoms with van der Waals surface area (Å²) in [6, 6.07) is 21.4. The first kappa shape index (κ1) is 15.1. The van der Waals surface area contributed by atoms with Crippen LogP contribution in [0.15, 0.2) is 66.7 Å². The Kier molecular flexibility index (Phi) is 3.58. The van der Waals surface area contributed by atoms with Crippen molar-refractivity contribution in [3.8, 4) is 0 Å². The molecule has 0 spiro atoms. The number of benzene rings is 3. The molecule has 4 nitrogen and oxygen atoms in total. The van der Waals surface area contributed by atoms with Crippen molar-refractivity contribution in [2.45, 2.75) is 6.54 Å². The summed E-state index contributed by atoms with van der Waals surface area (Å²) >= 11 is 0. The number of carbonyl (C=O) groups excluding carboxylic acids is 2. The maximum Gasteiger partial charge on any atom is 0.265 e. The molecule has 3 aromatic carbocycles. The smallest absolute Gasteiger partial charge is 0.265 e. The summed E-state index contributed by atoms with van der Waals surface area (Å²) in [5, 5.41) is 3.17. The van der Waals surface area contributed by atoms with Crippen LogP contribution in [0.3, 0.4) is 0 Å². The Balaban J connectivity index is 1.94. The van der Waals surface area contributed by atoms with Crippen LogP contribution in [0.25, 0.3) is 21.7 Å². The van der Waals surface area contributed by atoms with Crippen molar-refractivity contribution < 1.29 is 9.59 Å². The van der Waals surface area contributed by atoms with E-state index in [4.69, 9.17) is 5.73 Å². The van der Waals surface area contributed by atoms with Crippen LogP contribution in [-0.2, 0) is 6.54 Å². The van der Waals surface area contributed by atoms with Crippen molar-refractivity contribution in [2.75, 3.05) is 0 Å². The van der Waals surface area contributed by atoms with Gasteiger partial charge < -0.3 is 10.3 Å². The molecule has 0 aliphatic heterocycles. The summed E-state index contributed by atoms with van der Waals surface area (Å²) < 4.78 is 1.88. The third-order valence-electron chi connectivity index (χ3n) is 4.53. The fraction of sp³-hybridized carbons (Fsp3) is 0.0476. The van der Waals surface area contributed by atoms with E-state index in [0.29, 0.717) is 17.8 Å². The number of hydrogen-bond donors (Lipinski definition) is 1. The van der Waals surface area contributed by atoms with Gasteiger partial charge in [0.2, 0.25) is 0 Å². The van der Waals surface area contributed by atoms with Gasteiger partial charge in [-0.3, -0.25) is 9.59 Å². The molecular formula is C21H16N2O2. The molecule has 0 radical (unpaired) electrons. The standard InChI is InChI=1S/C21H16N2O2/c22-21(25)20-11-16-9-8-14(13-24)10-19(16)23(20)12-17-6-3-5-15-4-1-2-7-18(15)17/h1-11,13H,12H2,(H2,22,25). The van der Waals surface area contributed by atoms with Gasteiger partial charge in [-0.25, -0.2) is 0 Å². The first-order valence-electron chi connectivity index (χ1n) is 8.02. The van der Waals surface area contributed by atoms with Crippen LogP contribution in [0, 0.1) is 0 Å². The van der Waals surface area contributed by atoms with Gasteiger partial charge in [0.05, 0.1) is 0 Å². The lowest BCUT2D eigenvalue weighted by atomic mass is 10.0. The van der Waals surface area contributed by atoms with Crippen molar-refractivity contribution in [3.63, 3.8) is 0 Å². The zero-order valence-electron chi connectivity index (χ0n) is 13.5. The Hall–Kier alpha value is -3.40. The number of hydrogen-bond acceptors (Lipinski definition) is 2. The Labute approximate surface area is 144 Å². The zero-order chi connectivity index (χ0) is 17.4. The average Bonchev–Trinajstić information content (AvgIpc) is 3.00. The second-order valence-corrected chi connectivity index (χ2v) is 6.05. The molecule has 0 fully saturated rings. The van der Waals surface area contributed by atoms with Crippen molar-refractivity contribution in [2.24, 2.45) is 5.73 Å². The molecule has 0 saturated heterocycles. The van der Waals surface area contributed by atoms with Gasteiger partial charge in [-0.05, 0) is 28.5 Å². The molecule has 25 heavy (non-hydrogen) atoms. The topological polar surface area (TPSA) is 65.1 Å². The summed E-state index contributed by atoms with van der Waals surface area (Å²) in [7, 11) is 0. The van der Waals surface area contributed by atoms with Crippen LogP contribution in [0.2, 0.25) is 0 Å². The monoisotopic (exact) mass is 328 g/mol. The van der Waals surface area contributed by atoms with Crippen molar-refractivity contribution in [3.05, 3.63) is 83.6 Å². The Morgan fingerprint density at radius 1 is 0.960 bits per heavy atom. The van der Waals surface area contributed by atoms with Crippen molar-refractivity contribution in [1.82, 2.24) is 4.57 Å². The number of aromatic nitrogens is 1. The van der Waals surface area contributed by atoms with Gasteiger partial charge in [0.15, 0.2) is 0 Å². The molecule has 1 amide bonds. The quantitative estimate of drug-likeness (QED) is 0.580. The van der Waals surface area contributed by atoms with E-state index in [1.54, 1.807) is 18.2 Å². The highest BCUT2D eigenvalue weighted by molar-refractivity contribution is 5.99. The third kappa shape index (κ3) is 2.58. The predicted octanol–water partition coefficient (Wildman–Crippen LogP) is 3.75. The van der Waals surface area contributed by atoms with E-state index in [0.717, 1.165) is 33.5 Å². The maximum absolute atomic E-state index is 11.9. The second-order valence-electron chi connectivity index (χ2n) is 6.05. The molecule has 122 valence electrons. The predicted molar refractivity (Wildman–Crippen MR) is 98.9 cm³/mol. The third-order valence-corrected chi connectivity index (χ3v) is 4.53. The minimum atomic E-state index is -0.482. The first-order chi connectivity index (χ1) is 12.2. The van der Waals surface area contributed by atoms with E-state index in [2.05, 4.69) is 18.2 Å². The highest BCUT2D eigenvalue weighted by Gasteiger charge is 2.15. The van der Waals surface area contributed by atoms with Crippen LogP contribution in [0.1, 0.15) is 26.4 Å². The lowest BCUT2D eigenvalue weighted by molar-refractivity contribution is 0.0992. The van der Waals surface area contributed by atoms with Gasteiger partial charge in [0.1, 0.15) is 12.0 Å². The number of aldehydes is 1. The number of primary amides is 1. The maximum atomic E-state index is 11.9. The minimum Gasteiger partial charge on any atom is -0.364 e. The number of amides is 1. The van der Waals surface area contributed by atoms with E-state index in [-0.39, 0.29) is 0 Å². The molecule has 0 aliphatic rings. The number of nitrogens with two attached hydrogens (primary N) is 1. The van der Waals surface area contributed by atoms with E-state index < -0.39 is 5.91 Å². The van der Waals surface area contributed by atoms with Gasteiger partial charge in [-0.2, -0.15) is 0 Å². The van der Waals surface area contributed by atoms with E-state index >= 15 is 0 Å². The summed E-state index contributed by atoms with van der Waals surface area (Å²) in [5.74, 6) is -0.482. The number of fused-ring (bicyclic) bond motifs is 2. The molecule has 4 aromatic rings. The van der Waals surface area contributed by atoms with Crippen LogP contribution in [-0.4, -0.2) is 16.8 Å². The number of nitrogens with zero attached hydrogens (tertiary/aromatic N) is 1. The first-order valence-corrected chi connectivity index (χ1v) is 8.02. The largest absolute Gasteiger partial charge is 0.364 e. The fourth-order valence-electron chi connectivity index (χ4n) is 3.32. The normalized spacial score (nSPS) is 11.0. The van der Waals surface area contributed by atoms with Gasteiger partial charge in [-0.1, -0.05) is 54.6 Å². The summed E-state index contributed by atoms with van der Waals surface area (Å²) in [6.45, 7) is 0.505. The molecule has 4 heteroatoms. The molecule has 0 aliphatic carbocycles. The molecule has 2 N–H and O–H groups in total.